The molecule has 0 aliphatic heterocycles. The van der Waals surface area contributed by atoms with Gasteiger partial charge >= 0.3 is 0 Å². The zero-order valence-corrected chi connectivity index (χ0v) is 11.7. The summed E-state index contributed by atoms with van der Waals surface area (Å²) in [5.74, 6) is -1.60. The fourth-order valence-corrected chi connectivity index (χ4v) is 1.86. The van der Waals surface area contributed by atoms with Gasteiger partial charge in [-0.3, -0.25) is 4.98 Å². The number of allylic oxidation sites excluding steroid dienone is 1. The van der Waals surface area contributed by atoms with E-state index in [-0.39, 0.29) is 0 Å². The summed E-state index contributed by atoms with van der Waals surface area (Å²) < 4.78 is 23.9. The Morgan fingerprint density at radius 3 is 2.24 bits per heavy atom. The van der Waals surface area contributed by atoms with E-state index in [1.165, 1.54) is 37.0 Å². The van der Waals surface area contributed by atoms with E-state index in [2.05, 4.69) is 36.0 Å². The Bertz CT molecular complexity index is 582. The number of aryl methyl sites for hydroxylation is 1. The van der Waals surface area contributed by atoms with Crippen LogP contribution in [0.25, 0.3) is 6.08 Å². The lowest BCUT2D eigenvalue weighted by Gasteiger charge is -1.99. The first kappa shape index (κ1) is 16.6. The van der Waals surface area contributed by atoms with E-state index in [1.807, 2.05) is 12.3 Å². The van der Waals surface area contributed by atoms with Crippen molar-refractivity contribution in [3.8, 4) is 12.8 Å². The maximum Gasteiger partial charge on any atom is 0.158 e. The van der Waals surface area contributed by atoms with Gasteiger partial charge in [0.05, 0.1) is 5.69 Å². The summed E-state index contributed by atoms with van der Waals surface area (Å²) in [6.45, 7) is 0. The van der Waals surface area contributed by atoms with Gasteiger partial charge in [0.2, 0.25) is 0 Å². The molecule has 108 valence electrons. The second kappa shape index (κ2) is 9.44. The molecular weight excluding hydrogens is 268 g/mol. The van der Waals surface area contributed by atoms with Gasteiger partial charge in [-0.1, -0.05) is 24.3 Å². The van der Waals surface area contributed by atoms with Gasteiger partial charge < -0.3 is 0 Å². The molecule has 1 nitrogen and oxygen atoms in total. The molecule has 0 fully saturated rings. The van der Waals surface area contributed by atoms with E-state index in [0.29, 0.717) is 0 Å². The Kier molecular flexibility index (Phi) is 7.45. The van der Waals surface area contributed by atoms with Crippen molar-refractivity contribution in [2.45, 2.75) is 19.3 Å². The van der Waals surface area contributed by atoms with Crippen LogP contribution in [0.4, 0.5) is 8.78 Å². The molecule has 0 saturated heterocycles. The zero-order chi connectivity index (χ0) is 15.5. The molecule has 0 spiro atoms. The van der Waals surface area contributed by atoms with E-state index in [4.69, 9.17) is 0 Å². The first-order valence-corrected chi connectivity index (χ1v) is 6.61. The Hall–Kier alpha value is -2.47. The Morgan fingerprint density at radius 2 is 1.62 bits per heavy atom. The first-order valence-electron chi connectivity index (χ1n) is 6.61. The molecule has 1 aromatic carbocycles. The zero-order valence-electron chi connectivity index (χ0n) is 11.7. The number of hydrogen-bond donors (Lipinski definition) is 0. The number of fused-ring (bicyclic) bond motifs is 1. The molecule has 0 unspecified atom stereocenters. The van der Waals surface area contributed by atoms with Crippen LogP contribution in [0.5, 0.6) is 0 Å². The number of halogens is 2. The third-order valence-corrected chi connectivity index (χ3v) is 2.84. The minimum atomic E-state index is -0.799. The highest BCUT2D eigenvalue weighted by Crippen LogP contribution is 2.15. The van der Waals surface area contributed by atoms with Gasteiger partial charge in [0.1, 0.15) is 0 Å². The summed E-state index contributed by atoms with van der Waals surface area (Å²) in [5, 5.41) is 0. The smallest absolute Gasteiger partial charge is 0.158 e. The van der Waals surface area contributed by atoms with Crippen LogP contribution in [0, 0.1) is 24.5 Å². The minimum absolute atomic E-state index is 0.799. The molecule has 3 rings (SSSR count). The Morgan fingerprint density at radius 1 is 0.952 bits per heavy atom. The van der Waals surface area contributed by atoms with Crippen LogP contribution >= 0.6 is 0 Å². The average Bonchev–Trinajstić information content (AvgIpc) is 2.78. The average molecular weight is 285 g/mol. The summed E-state index contributed by atoms with van der Waals surface area (Å²) >= 11 is 0. The molecule has 0 N–H and O–H groups in total. The number of nitrogens with zero attached hydrogens (tertiary/aromatic N) is 1. The highest BCUT2D eigenvalue weighted by molar-refractivity contribution is 5.49. The molecular formula is C18H17F2N. The summed E-state index contributed by atoms with van der Waals surface area (Å²) in [6, 6.07) is 9.22. The standard InChI is InChI=1S/C10H11N.C6H4F2.C2H2/c1-2-5-9-6-4-8-11-10(9)7-3-1;7-5-3-1-2-4-6(5)8;1-2/h3-4,6-8H,1-2,5H2;1-4H;1-2H. The van der Waals surface area contributed by atoms with Gasteiger partial charge in [-0.05, 0) is 49.1 Å². The topological polar surface area (TPSA) is 12.9 Å². The van der Waals surface area contributed by atoms with E-state index in [1.54, 1.807) is 0 Å². The van der Waals surface area contributed by atoms with E-state index < -0.39 is 11.6 Å². The fourth-order valence-electron chi connectivity index (χ4n) is 1.86. The van der Waals surface area contributed by atoms with Gasteiger partial charge in [-0.15, -0.1) is 12.8 Å². The van der Waals surface area contributed by atoms with Crippen LogP contribution in [0.1, 0.15) is 24.1 Å². The molecule has 0 atom stereocenters. The highest BCUT2D eigenvalue weighted by Gasteiger charge is 2.01. The van der Waals surface area contributed by atoms with Crippen molar-refractivity contribution >= 4 is 6.08 Å². The number of benzene rings is 1. The largest absolute Gasteiger partial charge is 0.257 e. The van der Waals surface area contributed by atoms with Crippen molar-refractivity contribution in [3.05, 3.63) is 71.6 Å². The lowest BCUT2D eigenvalue weighted by atomic mass is 10.1. The van der Waals surface area contributed by atoms with Crippen LogP contribution in [0.2, 0.25) is 0 Å². The number of hydrogen-bond acceptors (Lipinski definition) is 1. The van der Waals surface area contributed by atoms with E-state index >= 15 is 0 Å². The molecule has 2 aromatic rings. The second-order valence-electron chi connectivity index (χ2n) is 4.26. The van der Waals surface area contributed by atoms with Crippen LogP contribution in [-0.2, 0) is 6.42 Å². The molecule has 0 amide bonds. The lowest BCUT2D eigenvalue weighted by Crippen LogP contribution is -1.89. The van der Waals surface area contributed by atoms with Gasteiger partial charge in [-0.25, -0.2) is 8.78 Å². The van der Waals surface area contributed by atoms with Crippen molar-refractivity contribution in [2.24, 2.45) is 0 Å². The summed E-state index contributed by atoms with van der Waals surface area (Å²) in [4.78, 5) is 4.29. The number of pyridine rings is 1. The SMILES string of the molecule is C#C.C1=Cc2ncccc2CCC1.Fc1ccccc1F. The van der Waals surface area contributed by atoms with Crippen LogP contribution in [-0.4, -0.2) is 4.98 Å². The number of terminal acetylenes is 1. The van der Waals surface area contributed by atoms with E-state index in [9.17, 15) is 8.78 Å². The van der Waals surface area contributed by atoms with Crippen LogP contribution < -0.4 is 0 Å². The Labute approximate surface area is 124 Å². The highest BCUT2D eigenvalue weighted by atomic mass is 19.2. The van der Waals surface area contributed by atoms with Crippen LogP contribution in [0.3, 0.4) is 0 Å². The maximum absolute atomic E-state index is 11.9. The number of aromatic nitrogens is 1. The van der Waals surface area contributed by atoms with Crippen molar-refractivity contribution in [1.29, 1.82) is 0 Å². The maximum atomic E-state index is 11.9. The molecule has 21 heavy (non-hydrogen) atoms. The third-order valence-electron chi connectivity index (χ3n) is 2.84. The molecule has 1 aliphatic carbocycles. The van der Waals surface area contributed by atoms with Gasteiger partial charge in [0.25, 0.3) is 0 Å². The summed E-state index contributed by atoms with van der Waals surface area (Å²) in [6.07, 6.45) is 17.8. The van der Waals surface area contributed by atoms with Crippen molar-refractivity contribution in [1.82, 2.24) is 4.98 Å². The fraction of sp³-hybridized carbons (Fsp3) is 0.167. The first-order chi connectivity index (χ1) is 10.3. The summed E-state index contributed by atoms with van der Waals surface area (Å²) in [7, 11) is 0. The molecule has 0 radical (unpaired) electrons. The second-order valence-corrected chi connectivity index (χ2v) is 4.26. The van der Waals surface area contributed by atoms with Crippen molar-refractivity contribution < 1.29 is 8.78 Å². The predicted octanol–water partition coefficient (Wildman–Crippen LogP) is 4.65. The Balaban J connectivity index is 0.000000196. The van der Waals surface area contributed by atoms with Gasteiger partial charge in [0, 0.05) is 6.20 Å². The quantitative estimate of drug-likeness (QED) is 0.642. The molecule has 0 saturated carbocycles. The van der Waals surface area contributed by atoms with Gasteiger partial charge in [0.15, 0.2) is 11.6 Å². The minimum Gasteiger partial charge on any atom is -0.257 e. The van der Waals surface area contributed by atoms with Crippen LogP contribution in [0.15, 0.2) is 48.7 Å². The van der Waals surface area contributed by atoms with Gasteiger partial charge in [-0.2, -0.15) is 0 Å². The lowest BCUT2D eigenvalue weighted by molar-refractivity contribution is 0.508. The molecule has 1 aromatic heterocycles. The number of rotatable bonds is 0. The van der Waals surface area contributed by atoms with E-state index in [0.717, 1.165) is 17.8 Å². The van der Waals surface area contributed by atoms with Crippen molar-refractivity contribution in [3.63, 3.8) is 0 Å². The molecule has 1 heterocycles. The summed E-state index contributed by atoms with van der Waals surface area (Å²) in [5.41, 5.74) is 2.55. The monoisotopic (exact) mass is 285 g/mol. The van der Waals surface area contributed by atoms with Crippen molar-refractivity contribution in [2.75, 3.05) is 0 Å². The molecule has 1 aliphatic rings. The third kappa shape index (κ3) is 5.58. The normalized spacial score (nSPS) is 11.8. The molecule has 3 heteroatoms. The molecule has 0 bridgehead atoms. The predicted molar refractivity (Wildman–Crippen MR) is 82.5 cm³/mol.